The lowest BCUT2D eigenvalue weighted by molar-refractivity contribution is -0.137. The first-order chi connectivity index (χ1) is 14.4. The zero-order valence-electron chi connectivity index (χ0n) is 16.4. The van der Waals surface area contributed by atoms with Crippen LogP contribution in [-0.2, 0) is 19.1 Å². The average molecular weight is 447 g/mol. The van der Waals surface area contributed by atoms with Gasteiger partial charge in [0.05, 0.1) is 25.4 Å². The summed E-state index contributed by atoms with van der Waals surface area (Å²) in [6.07, 6.45) is 0.291. The number of hydrogen-bond donors (Lipinski definition) is 2. The number of nitrogens with one attached hydrogen (secondary N) is 2. The summed E-state index contributed by atoms with van der Waals surface area (Å²) in [7, 11) is 2.63. The average Bonchev–Trinajstić information content (AvgIpc) is 2.73. The van der Waals surface area contributed by atoms with E-state index < -0.39 is 11.9 Å². The Hall–Kier alpha value is -2.96. The zero-order valence-corrected chi connectivity index (χ0v) is 17.9. The fraction of sp³-hybridized carbons (Fsp3) is 0.182. The van der Waals surface area contributed by atoms with Gasteiger partial charge >= 0.3 is 11.9 Å². The molecule has 8 heteroatoms. The largest absolute Gasteiger partial charge is 0.466 e. The van der Waals surface area contributed by atoms with Crippen LogP contribution in [0.1, 0.15) is 12.8 Å². The number of hydrogen-bond acceptors (Lipinski definition) is 6. The number of allylic oxidation sites excluding steroid dienone is 2. The Bertz CT molecular complexity index is 963. The van der Waals surface area contributed by atoms with Crippen LogP contribution in [-0.4, -0.2) is 26.2 Å². The Labute approximate surface area is 184 Å². The minimum absolute atomic E-state index is 0.145. The predicted molar refractivity (Wildman–Crippen MR) is 117 cm³/mol. The number of halogens is 2. The third-order valence-corrected chi connectivity index (χ3v) is 5.01. The lowest BCUT2D eigenvalue weighted by atomic mass is 9.92. The normalized spacial score (nSPS) is 13.7. The van der Waals surface area contributed by atoms with Gasteiger partial charge in [0, 0.05) is 45.7 Å². The Kier molecular flexibility index (Phi) is 7.03. The summed E-state index contributed by atoms with van der Waals surface area (Å²) in [6, 6.07) is 14.1. The van der Waals surface area contributed by atoms with E-state index in [1.807, 2.05) is 12.1 Å². The minimum atomic E-state index is -0.492. The molecule has 0 radical (unpaired) electrons. The van der Waals surface area contributed by atoms with Gasteiger partial charge < -0.3 is 20.1 Å². The summed E-state index contributed by atoms with van der Waals surface area (Å²) in [4.78, 5) is 25.0. The molecule has 0 spiro atoms. The zero-order chi connectivity index (χ0) is 21.7. The number of ether oxygens (including phenoxy) is 2. The second-order valence-corrected chi connectivity index (χ2v) is 7.39. The molecule has 0 amide bonds. The van der Waals surface area contributed by atoms with Crippen molar-refractivity contribution < 1.29 is 19.1 Å². The van der Waals surface area contributed by atoms with E-state index in [1.54, 1.807) is 36.4 Å². The molecule has 0 bridgehead atoms. The molecule has 0 aromatic heterocycles. The highest BCUT2D eigenvalue weighted by Crippen LogP contribution is 2.33. The summed E-state index contributed by atoms with van der Waals surface area (Å²) >= 11 is 12.1. The van der Waals surface area contributed by atoms with Crippen LogP contribution in [0.3, 0.4) is 0 Å². The van der Waals surface area contributed by atoms with Crippen molar-refractivity contribution in [3.8, 4) is 0 Å². The summed E-state index contributed by atoms with van der Waals surface area (Å²) in [5.41, 5.74) is 3.26. The molecule has 1 aliphatic rings. The molecule has 156 valence electrons. The van der Waals surface area contributed by atoms with Gasteiger partial charge in [-0.2, -0.15) is 0 Å². The SMILES string of the molecule is COC(=O)C1=C(Nc2cccc(Cl)c2)CC(C(=O)OC)=C(Nc2cccc(Cl)c2)C1. The summed E-state index contributed by atoms with van der Waals surface area (Å²) in [6.45, 7) is 0. The van der Waals surface area contributed by atoms with Gasteiger partial charge in [0.1, 0.15) is 0 Å². The highest BCUT2D eigenvalue weighted by Gasteiger charge is 2.29. The van der Waals surface area contributed by atoms with Gasteiger partial charge in [-0.1, -0.05) is 35.3 Å². The van der Waals surface area contributed by atoms with Crippen molar-refractivity contribution in [1.82, 2.24) is 0 Å². The van der Waals surface area contributed by atoms with Gasteiger partial charge in [-0.15, -0.1) is 0 Å². The maximum atomic E-state index is 12.5. The molecule has 2 aromatic carbocycles. The molecule has 2 aromatic rings. The molecular weight excluding hydrogens is 427 g/mol. The Balaban J connectivity index is 1.99. The van der Waals surface area contributed by atoms with E-state index in [0.717, 1.165) is 0 Å². The molecule has 3 rings (SSSR count). The van der Waals surface area contributed by atoms with Crippen LogP contribution in [0.4, 0.5) is 11.4 Å². The molecule has 2 N–H and O–H groups in total. The van der Waals surface area contributed by atoms with Crippen molar-refractivity contribution in [3.63, 3.8) is 0 Å². The van der Waals surface area contributed by atoms with Gasteiger partial charge in [-0.25, -0.2) is 9.59 Å². The van der Waals surface area contributed by atoms with Gasteiger partial charge in [0.25, 0.3) is 0 Å². The topological polar surface area (TPSA) is 76.7 Å². The summed E-state index contributed by atoms with van der Waals surface area (Å²) in [5, 5.41) is 7.48. The molecule has 0 saturated heterocycles. The second kappa shape index (κ2) is 9.69. The number of rotatable bonds is 6. The highest BCUT2D eigenvalue weighted by atomic mass is 35.5. The molecule has 0 atom stereocenters. The third-order valence-electron chi connectivity index (χ3n) is 4.54. The fourth-order valence-corrected chi connectivity index (χ4v) is 3.52. The number of benzene rings is 2. The van der Waals surface area contributed by atoms with E-state index in [9.17, 15) is 9.59 Å². The third kappa shape index (κ3) is 5.14. The van der Waals surface area contributed by atoms with Crippen LogP contribution in [0.5, 0.6) is 0 Å². The van der Waals surface area contributed by atoms with Crippen LogP contribution in [0, 0.1) is 0 Å². The van der Waals surface area contributed by atoms with Crippen molar-refractivity contribution in [3.05, 3.63) is 81.1 Å². The monoisotopic (exact) mass is 446 g/mol. The van der Waals surface area contributed by atoms with E-state index in [1.165, 1.54) is 14.2 Å². The summed E-state index contributed by atoms with van der Waals surface area (Å²) in [5.74, 6) is -0.984. The van der Waals surface area contributed by atoms with Crippen molar-refractivity contribution in [2.45, 2.75) is 12.8 Å². The van der Waals surface area contributed by atoms with Gasteiger partial charge in [0.15, 0.2) is 0 Å². The molecule has 1 aliphatic carbocycles. The van der Waals surface area contributed by atoms with Crippen molar-refractivity contribution >= 4 is 46.5 Å². The lowest BCUT2D eigenvalue weighted by Gasteiger charge is -2.25. The first kappa shape index (κ1) is 21.7. The van der Waals surface area contributed by atoms with Crippen LogP contribution < -0.4 is 10.6 Å². The van der Waals surface area contributed by atoms with E-state index in [-0.39, 0.29) is 12.8 Å². The highest BCUT2D eigenvalue weighted by molar-refractivity contribution is 6.31. The molecule has 0 heterocycles. The molecular formula is C22H20Cl2N2O4. The maximum absolute atomic E-state index is 12.5. The van der Waals surface area contributed by atoms with E-state index in [0.29, 0.717) is 44.0 Å². The standard InChI is InChI=1S/C22H20Cl2N2O4/c1-29-21(27)17-11-20(26-16-8-4-6-14(24)10-16)18(22(28)30-2)12-19(17)25-15-7-3-5-13(23)9-15/h3-10,25-26H,11-12H2,1-2H3. The van der Waals surface area contributed by atoms with E-state index in [2.05, 4.69) is 10.6 Å². The minimum Gasteiger partial charge on any atom is -0.466 e. The van der Waals surface area contributed by atoms with Crippen molar-refractivity contribution in [2.24, 2.45) is 0 Å². The molecule has 6 nitrogen and oxygen atoms in total. The molecule has 30 heavy (non-hydrogen) atoms. The van der Waals surface area contributed by atoms with Crippen LogP contribution in [0.25, 0.3) is 0 Å². The summed E-state index contributed by atoms with van der Waals surface area (Å²) < 4.78 is 9.94. The van der Waals surface area contributed by atoms with Crippen LogP contribution >= 0.6 is 23.2 Å². The second-order valence-electron chi connectivity index (χ2n) is 6.52. The van der Waals surface area contributed by atoms with E-state index >= 15 is 0 Å². The maximum Gasteiger partial charge on any atom is 0.335 e. The number of methoxy groups -OCH3 is 2. The number of esters is 2. The Morgan fingerprint density at radius 1 is 0.767 bits per heavy atom. The molecule has 0 fully saturated rings. The lowest BCUT2D eigenvalue weighted by Crippen LogP contribution is -2.24. The number of carbonyl (C=O) groups is 2. The number of carbonyl (C=O) groups excluding carboxylic acids is 2. The van der Waals surface area contributed by atoms with E-state index in [4.69, 9.17) is 32.7 Å². The first-order valence-electron chi connectivity index (χ1n) is 9.07. The quantitative estimate of drug-likeness (QED) is 0.596. The van der Waals surface area contributed by atoms with Crippen molar-refractivity contribution in [1.29, 1.82) is 0 Å². The Morgan fingerprint density at radius 2 is 1.17 bits per heavy atom. The van der Waals surface area contributed by atoms with Crippen molar-refractivity contribution in [2.75, 3.05) is 24.9 Å². The Morgan fingerprint density at radius 3 is 1.50 bits per heavy atom. The molecule has 0 unspecified atom stereocenters. The van der Waals surface area contributed by atoms with Crippen LogP contribution in [0.15, 0.2) is 71.1 Å². The first-order valence-corrected chi connectivity index (χ1v) is 9.82. The smallest absolute Gasteiger partial charge is 0.335 e. The van der Waals surface area contributed by atoms with Gasteiger partial charge in [-0.05, 0) is 36.4 Å². The predicted octanol–water partition coefficient (Wildman–Crippen LogP) is 5.17. The van der Waals surface area contributed by atoms with Gasteiger partial charge in [-0.3, -0.25) is 0 Å². The molecule has 0 aliphatic heterocycles. The number of anilines is 2. The fourth-order valence-electron chi connectivity index (χ4n) is 3.14. The molecule has 0 saturated carbocycles. The van der Waals surface area contributed by atoms with Gasteiger partial charge in [0.2, 0.25) is 0 Å². The van der Waals surface area contributed by atoms with Crippen LogP contribution in [0.2, 0.25) is 10.0 Å².